The van der Waals surface area contributed by atoms with Gasteiger partial charge in [0.1, 0.15) is 18.1 Å². The molecule has 1 saturated heterocycles. The number of nitrogens with one attached hydrogen (secondary N) is 3. The summed E-state index contributed by atoms with van der Waals surface area (Å²) in [6, 6.07) is 13.4. The van der Waals surface area contributed by atoms with E-state index < -0.39 is 23.7 Å². The number of H-pyrrole nitrogens is 1. The third-order valence-corrected chi connectivity index (χ3v) is 7.79. The SMILES string of the molecule is CC(C)CC1C(=O)N[C@H](C2Cc3ccccc3C2)C(=O)N1C(C(=O)NC(C)(C)C)c1ccc(-c2cn[nH]c2)cc1. The van der Waals surface area contributed by atoms with E-state index in [0.717, 1.165) is 11.1 Å². The summed E-state index contributed by atoms with van der Waals surface area (Å²) < 4.78 is 0. The molecule has 8 nitrogen and oxygen atoms in total. The zero-order valence-corrected chi connectivity index (χ0v) is 23.9. The second-order valence-electron chi connectivity index (χ2n) is 12.6. The van der Waals surface area contributed by atoms with E-state index >= 15 is 0 Å². The van der Waals surface area contributed by atoms with Crippen molar-refractivity contribution in [2.75, 3.05) is 0 Å². The molecule has 5 rings (SSSR count). The number of rotatable bonds is 7. The molecule has 3 atom stereocenters. The van der Waals surface area contributed by atoms with Crippen molar-refractivity contribution in [3.63, 3.8) is 0 Å². The van der Waals surface area contributed by atoms with Crippen LogP contribution in [0.5, 0.6) is 0 Å². The molecular formula is C32H39N5O3. The molecule has 1 fully saturated rings. The van der Waals surface area contributed by atoms with Crippen LogP contribution in [0.3, 0.4) is 0 Å². The minimum atomic E-state index is -0.953. The molecular weight excluding hydrogens is 502 g/mol. The lowest BCUT2D eigenvalue weighted by atomic mass is 9.87. The first-order valence-corrected chi connectivity index (χ1v) is 14.1. The van der Waals surface area contributed by atoms with Gasteiger partial charge in [0.2, 0.25) is 17.7 Å². The van der Waals surface area contributed by atoms with Crippen molar-refractivity contribution in [1.82, 2.24) is 25.7 Å². The van der Waals surface area contributed by atoms with Gasteiger partial charge in [0.05, 0.1) is 6.20 Å². The van der Waals surface area contributed by atoms with Gasteiger partial charge in [-0.3, -0.25) is 19.5 Å². The van der Waals surface area contributed by atoms with Gasteiger partial charge in [0, 0.05) is 17.3 Å². The summed E-state index contributed by atoms with van der Waals surface area (Å²) in [6.07, 6.45) is 5.43. The van der Waals surface area contributed by atoms with Crippen molar-refractivity contribution in [1.29, 1.82) is 0 Å². The molecule has 1 aromatic heterocycles. The third kappa shape index (κ3) is 5.67. The van der Waals surface area contributed by atoms with Crippen LogP contribution in [0.2, 0.25) is 0 Å². The number of piperazine rings is 1. The Morgan fingerprint density at radius 3 is 2.23 bits per heavy atom. The van der Waals surface area contributed by atoms with Crippen LogP contribution in [0.4, 0.5) is 0 Å². The molecule has 0 bridgehead atoms. The molecule has 2 aromatic carbocycles. The fourth-order valence-electron chi connectivity index (χ4n) is 6.02. The molecule has 2 heterocycles. The van der Waals surface area contributed by atoms with E-state index in [9.17, 15) is 14.4 Å². The number of carbonyl (C=O) groups excluding carboxylic acids is 3. The Kier molecular flexibility index (Phi) is 7.53. The Bertz CT molecular complexity index is 1350. The molecule has 2 unspecified atom stereocenters. The minimum Gasteiger partial charge on any atom is -0.349 e. The van der Waals surface area contributed by atoms with Gasteiger partial charge in [-0.1, -0.05) is 62.4 Å². The Morgan fingerprint density at radius 2 is 1.68 bits per heavy atom. The molecule has 2 aliphatic rings. The maximum Gasteiger partial charge on any atom is 0.247 e. The van der Waals surface area contributed by atoms with Crippen LogP contribution in [-0.4, -0.2) is 50.4 Å². The van der Waals surface area contributed by atoms with Crippen molar-refractivity contribution in [2.45, 2.75) is 77.5 Å². The van der Waals surface area contributed by atoms with E-state index in [1.54, 1.807) is 17.3 Å². The van der Waals surface area contributed by atoms with Crippen LogP contribution < -0.4 is 10.6 Å². The van der Waals surface area contributed by atoms with E-state index in [1.165, 1.54) is 11.1 Å². The second-order valence-corrected chi connectivity index (χ2v) is 12.6. The maximum absolute atomic E-state index is 14.5. The molecule has 0 radical (unpaired) electrons. The van der Waals surface area contributed by atoms with Gasteiger partial charge in [-0.05, 0) is 74.1 Å². The van der Waals surface area contributed by atoms with Crippen molar-refractivity contribution in [3.8, 4) is 11.1 Å². The van der Waals surface area contributed by atoms with Crippen LogP contribution in [0.25, 0.3) is 11.1 Å². The molecule has 1 aliphatic heterocycles. The normalized spacial score (nSPS) is 20.4. The van der Waals surface area contributed by atoms with E-state index in [-0.39, 0.29) is 29.6 Å². The first-order valence-electron chi connectivity index (χ1n) is 14.1. The summed E-state index contributed by atoms with van der Waals surface area (Å²) in [6.45, 7) is 9.80. The van der Waals surface area contributed by atoms with Crippen molar-refractivity contribution < 1.29 is 14.4 Å². The van der Waals surface area contributed by atoms with Crippen molar-refractivity contribution in [2.24, 2.45) is 11.8 Å². The molecule has 0 spiro atoms. The van der Waals surface area contributed by atoms with Crippen LogP contribution in [0.1, 0.15) is 63.8 Å². The summed E-state index contributed by atoms with van der Waals surface area (Å²) >= 11 is 0. The maximum atomic E-state index is 14.5. The van der Waals surface area contributed by atoms with Gasteiger partial charge >= 0.3 is 0 Å². The van der Waals surface area contributed by atoms with Gasteiger partial charge in [-0.25, -0.2) is 0 Å². The number of hydrogen-bond donors (Lipinski definition) is 3. The van der Waals surface area contributed by atoms with E-state index in [2.05, 4.69) is 33.0 Å². The van der Waals surface area contributed by atoms with Gasteiger partial charge in [-0.2, -0.15) is 5.10 Å². The van der Waals surface area contributed by atoms with E-state index in [0.29, 0.717) is 24.8 Å². The first-order chi connectivity index (χ1) is 19.0. The predicted octanol–water partition coefficient (Wildman–Crippen LogP) is 4.19. The molecule has 0 saturated carbocycles. The van der Waals surface area contributed by atoms with Crippen LogP contribution >= 0.6 is 0 Å². The van der Waals surface area contributed by atoms with Crippen LogP contribution in [0.15, 0.2) is 60.9 Å². The lowest BCUT2D eigenvalue weighted by molar-refractivity contribution is -0.158. The van der Waals surface area contributed by atoms with Crippen LogP contribution in [-0.2, 0) is 27.2 Å². The third-order valence-electron chi connectivity index (χ3n) is 7.79. The number of amides is 3. The quantitative estimate of drug-likeness (QED) is 0.417. The number of benzene rings is 2. The second kappa shape index (κ2) is 10.9. The summed E-state index contributed by atoms with van der Waals surface area (Å²) in [5.41, 5.74) is 4.43. The topological polar surface area (TPSA) is 107 Å². The Labute approximate surface area is 235 Å². The monoisotopic (exact) mass is 541 g/mol. The highest BCUT2D eigenvalue weighted by atomic mass is 16.2. The van der Waals surface area contributed by atoms with E-state index in [1.807, 2.05) is 71.0 Å². The largest absolute Gasteiger partial charge is 0.349 e. The fourth-order valence-corrected chi connectivity index (χ4v) is 6.02. The van der Waals surface area contributed by atoms with Gasteiger partial charge in [-0.15, -0.1) is 0 Å². The minimum absolute atomic E-state index is 0.0638. The first kappa shape index (κ1) is 27.6. The molecule has 40 heavy (non-hydrogen) atoms. The number of aromatic nitrogens is 2. The highest BCUT2D eigenvalue weighted by Crippen LogP contribution is 2.36. The van der Waals surface area contributed by atoms with Gasteiger partial charge < -0.3 is 15.5 Å². The van der Waals surface area contributed by atoms with Gasteiger partial charge in [0.15, 0.2) is 0 Å². The number of fused-ring (bicyclic) bond motifs is 1. The van der Waals surface area contributed by atoms with Crippen LogP contribution in [0, 0.1) is 11.8 Å². The van der Waals surface area contributed by atoms with E-state index in [4.69, 9.17) is 0 Å². The summed E-state index contributed by atoms with van der Waals surface area (Å²) in [5, 5.41) is 13.0. The number of nitrogens with zero attached hydrogens (tertiary/aromatic N) is 2. The molecule has 210 valence electrons. The molecule has 3 aromatic rings. The standard InChI is InChI=1S/C32H39N5O3/c1-19(2)14-26-29(38)35-27(24-15-22-8-6-7-9-23(22)16-24)31(40)37(26)28(30(39)36-32(3,4)5)21-12-10-20(11-13-21)25-17-33-34-18-25/h6-13,17-19,24,26-28H,14-16H2,1-5H3,(H,33,34)(H,35,38)(H,36,39)/t26?,27-,28?/m1/s1. The average Bonchev–Trinajstić information content (AvgIpc) is 3.57. The number of carbonyl (C=O) groups is 3. The fraction of sp³-hybridized carbons (Fsp3) is 0.438. The predicted molar refractivity (Wildman–Crippen MR) is 154 cm³/mol. The summed E-state index contributed by atoms with van der Waals surface area (Å²) in [5.74, 6) is -0.609. The molecule has 8 heteroatoms. The smallest absolute Gasteiger partial charge is 0.247 e. The van der Waals surface area contributed by atoms with Crippen molar-refractivity contribution in [3.05, 3.63) is 77.6 Å². The summed E-state index contributed by atoms with van der Waals surface area (Å²) in [7, 11) is 0. The highest BCUT2D eigenvalue weighted by Gasteiger charge is 2.49. The average molecular weight is 542 g/mol. The van der Waals surface area contributed by atoms with Crippen molar-refractivity contribution >= 4 is 17.7 Å². The Balaban J connectivity index is 1.55. The lowest BCUT2D eigenvalue weighted by Crippen LogP contribution is -2.67. The number of aromatic amines is 1. The lowest BCUT2D eigenvalue weighted by Gasteiger charge is -2.45. The Morgan fingerprint density at radius 1 is 1.02 bits per heavy atom. The number of hydrogen-bond acceptors (Lipinski definition) is 4. The van der Waals surface area contributed by atoms with Gasteiger partial charge in [0.25, 0.3) is 0 Å². The molecule has 1 aliphatic carbocycles. The zero-order chi connectivity index (χ0) is 28.6. The molecule has 3 amide bonds. The Hall–Kier alpha value is -3.94. The molecule has 3 N–H and O–H groups in total. The zero-order valence-electron chi connectivity index (χ0n) is 23.9. The summed E-state index contributed by atoms with van der Waals surface area (Å²) in [4.78, 5) is 43.8. The highest BCUT2D eigenvalue weighted by molar-refractivity contribution is 6.00.